The van der Waals surface area contributed by atoms with Crippen LogP contribution in [0.15, 0.2) is 77.7 Å². The average Bonchev–Trinajstić information content (AvgIpc) is 2.92. The third-order valence-corrected chi connectivity index (χ3v) is 8.12. The molecule has 41 heavy (non-hydrogen) atoms. The van der Waals surface area contributed by atoms with Crippen LogP contribution in [-0.2, 0) is 10.0 Å². The van der Waals surface area contributed by atoms with E-state index in [4.69, 9.17) is 15.7 Å². The fourth-order valence-electron chi connectivity index (χ4n) is 4.57. The number of nitrogens with one attached hydrogen (secondary N) is 5. The van der Waals surface area contributed by atoms with E-state index in [2.05, 4.69) is 15.4 Å². The number of hydroxylamine groups is 1. The lowest BCUT2D eigenvalue weighted by Gasteiger charge is -2.24. The molecule has 1 fully saturated rings. The van der Waals surface area contributed by atoms with Crippen molar-refractivity contribution in [2.45, 2.75) is 69.4 Å². The molecule has 0 spiro atoms. The third-order valence-electron chi connectivity index (χ3n) is 6.30. The van der Waals surface area contributed by atoms with Crippen molar-refractivity contribution in [1.29, 1.82) is 5.41 Å². The predicted molar refractivity (Wildman–Crippen MR) is 162 cm³/mol. The highest BCUT2D eigenvalue weighted by atomic mass is 32.2. The van der Waals surface area contributed by atoms with Gasteiger partial charge in [0.15, 0.2) is 0 Å². The smallest absolute Gasteiger partial charge is 0.409 e. The summed E-state index contributed by atoms with van der Waals surface area (Å²) in [6.45, 7) is 5.33. The minimum Gasteiger partial charge on any atom is -0.465 e. The number of carbonyl (C=O) groups is 1. The molecule has 3 aromatic carbocycles. The van der Waals surface area contributed by atoms with Gasteiger partial charge in [0.1, 0.15) is 5.84 Å². The number of amidine groups is 1. The molecule has 4 rings (SSSR count). The van der Waals surface area contributed by atoms with Gasteiger partial charge in [0.05, 0.1) is 4.90 Å². The number of hydrogen-bond acceptors (Lipinski definition) is 6. The second-order valence-electron chi connectivity index (χ2n) is 10.9. The van der Waals surface area contributed by atoms with Crippen molar-refractivity contribution >= 4 is 33.3 Å². The molecule has 0 aromatic heterocycles. The summed E-state index contributed by atoms with van der Waals surface area (Å²) in [6.07, 6.45) is 5.23. The number of benzene rings is 3. The van der Waals surface area contributed by atoms with Crippen LogP contribution in [-0.4, -0.2) is 42.2 Å². The van der Waals surface area contributed by atoms with E-state index in [0.717, 1.165) is 5.69 Å². The molecule has 10 nitrogen and oxygen atoms in total. The Labute approximate surface area is 241 Å². The summed E-state index contributed by atoms with van der Waals surface area (Å²) >= 11 is 0. The number of anilines is 2. The normalized spacial score (nSPS) is 13.9. The molecule has 0 unspecified atom stereocenters. The van der Waals surface area contributed by atoms with Crippen LogP contribution in [0.25, 0.3) is 11.1 Å². The summed E-state index contributed by atoms with van der Waals surface area (Å²) in [5.74, 6) is 0.0253. The van der Waals surface area contributed by atoms with Gasteiger partial charge in [-0.3, -0.25) is 21.4 Å². The van der Waals surface area contributed by atoms with E-state index in [0.29, 0.717) is 28.4 Å². The van der Waals surface area contributed by atoms with E-state index in [9.17, 15) is 13.2 Å². The van der Waals surface area contributed by atoms with Crippen molar-refractivity contribution < 1.29 is 23.5 Å². The van der Waals surface area contributed by atoms with E-state index < -0.39 is 21.7 Å². The summed E-state index contributed by atoms with van der Waals surface area (Å²) in [5.41, 5.74) is 4.63. The van der Waals surface area contributed by atoms with Crippen LogP contribution >= 0.6 is 0 Å². The largest absolute Gasteiger partial charge is 0.465 e. The molecule has 1 aliphatic rings. The Morgan fingerprint density at radius 1 is 0.902 bits per heavy atom. The maximum atomic E-state index is 12.7. The van der Waals surface area contributed by atoms with Crippen molar-refractivity contribution in [3.63, 3.8) is 0 Å². The van der Waals surface area contributed by atoms with Crippen molar-refractivity contribution in [2.24, 2.45) is 0 Å². The fraction of sp³-hybridized carbons (Fsp3) is 0.333. The van der Waals surface area contributed by atoms with Crippen LogP contribution in [0, 0.1) is 5.41 Å². The summed E-state index contributed by atoms with van der Waals surface area (Å²) in [5, 5.41) is 30.7. The lowest BCUT2D eigenvalue weighted by molar-refractivity contribution is 0.209. The van der Waals surface area contributed by atoms with Crippen LogP contribution < -0.4 is 20.8 Å². The van der Waals surface area contributed by atoms with E-state index in [1.807, 2.05) is 23.7 Å². The zero-order valence-electron chi connectivity index (χ0n) is 23.6. The summed E-state index contributed by atoms with van der Waals surface area (Å²) in [6, 6.07) is 21.4. The molecule has 3 aromatic rings. The highest BCUT2D eigenvalue weighted by Gasteiger charge is 2.24. The Morgan fingerprint density at radius 3 is 2.17 bits per heavy atom. The molecule has 1 saturated carbocycles. The Morgan fingerprint density at radius 2 is 1.56 bits per heavy atom. The monoisotopic (exact) mass is 581 g/mol. The number of hydrogen-bond donors (Lipinski definition) is 7. The molecule has 0 saturated heterocycles. The van der Waals surface area contributed by atoms with Gasteiger partial charge in [-0.15, -0.1) is 0 Å². The molecule has 1 aliphatic carbocycles. The van der Waals surface area contributed by atoms with Gasteiger partial charge in [-0.25, -0.2) is 17.9 Å². The molecule has 0 bridgehead atoms. The summed E-state index contributed by atoms with van der Waals surface area (Å²) in [4.78, 5) is 10.8. The SMILES string of the molecule is CC(C)(C)NS(=O)(=O)c1ccccc1-c1ccc(NC(=O)O)cc1.N=C(NO)c1cccc(NC2CCCCC2)c1. The average molecular weight is 582 g/mol. The maximum Gasteiger partial charge on any atom is 0.409 e. The fourth-order valence-corrected chi connectivity index (χ4v) is 6.22. The first-order valence-electron chi connectivity index (χ1n) is 13.5. The molecule has 220 valence electrons. The van der Waals surface area contributed by atoms with Crippen LogP contribution in [0.3, 0.4) is 0 Å². The van der Waals surface area contributed by atoms with Crippen molar-refractivity contribution in [3.05, 3.63) is 78.4 Å². The molecular formula is C30H39N5O5S. The van der Waals surface area contributed by atoms with Gasteiger partial charge in [-0.05, 0) is 69.5 Å². The van der Waals surface area contributed by atoms with Crippen molar-refractivity contribution in [2.75, 3.05) is 10.6 Å². The van der Waals surface area contributed by atoms with Crippen LogP contribution in [0.2, 0.25) is 0 Å². The number of sulfonamides is 1. The number of rotatable bonds is 7. The second-order valence-corrected chi connectivity index (χ2v) is 12.6. The van der Waals surface area contributed by atoms with Crippen LogP contribution in [0.1, 0.15) is 58.4 Å². The molecule has 0 atom stereocenters. The zero-order valence-corrected chi connectivity index (χ0v) is 24.4. The first-order valence-corrected chi connectivity index (χ1v) is 15.0. The Kier molecular flexibility index (Phi) is 10.9. The third kappa shape index (κ3) is 9.89. The van der Waals surface area contributed by atoms with Crippen LogP contribution in [0.4, 0.5) is 16.2 Å². The van der Waals surface area contributed by atoms with Gasteiger partial charge in [-0.1, -0.05) is 61.7 Å². The molecule has 0 radical (unpaired) electrons. The predicted octanol–water partition coefficient (Wildman–Crippen LogP) is 6.26. The molecule has 7 N–H and O–H groups in total. The zero-order chi connectivity index (χ0) is 30.0. The highest BCUT2D eigenvalue weighted by Crippen LogP contribution is 2.29. The topological polar surface area (TPSA) is 164 Å². The molecule has 11 heteroatoms. The molecular weight excluding hydrogens is 542 g/mol. The lowest BCUT2D eigenvalue weighted by Crippen LogP contribution is -2.40. The number of carboxylic acid groups (broad SMARTS) is 1. The second kappa shape index (κ2) is 14.1. The Hall–Kier alpha value is -3.93. The Balaban J connectivity index is 0.000000239. The summed E-state index contributed by atoms with van der Waals surface area (Å²) < 4.78 is 27.9. The maximum absolute atomic E-state index is 12.7. The van der Waals surface area contributed by atoms with Gasteiger partial charge in [-0.2, -0.15) is 0 Å². The van der Waals surface area contributed by atoms with Gasteiger partial charge < -0.3 is 10.4 Å². The summed E-state index contributed by atoms with van der Waals surface area (Å²) in [7, 11) is -3.69. The Bertz CT molecular complexity index is 1430. The standard InChI is InChI=1S/C17H20N2O4S.C13H19N3O/c1-17(2,3)19-24(22,23)15-7-5-4-6-14(15)12-8-10-13(11-9-12)18-16(20)21;14-13(16-17)10-5-4-8-12(9-10)15-11-6-2-1-3-7-11/h4-11,18-19H,1-3H3,(H,20,21);4-5,8-9,11,15,17H,1-3,6-7H2,(H2,14,16). The van der Waals surface area contributed by atoms with Gasteiger partial charge in [0, 0.05) is 34.1 Å². The molecule has 0 heterocycles. The molecule has 0 aliphatic heterocycles. The van der Waals surface area contributed by atoms with Crippen molar-refractivity contribution in [3.8, 4) is 11.1 Å². The van der Waals surface area contributed by atoms with Crippen LogP contribution in [0.5, 0.6) is 0 Å². The highest BCUT2D eigenvalue weighted by molar-refractivity contribution is 7.89. The van der Waals surface area contributed by atoms with E-state index in [1.165, 1.54) is 32.1 Å². The minimum absolute atomic E-state index is 0.0253. The van der Waals surface area contributed by atoms with E-state index in [1.54, 1.807) is 75.4 Å². The van der Waals surface area contributed by atoms with Gasteiger partial charge in [0.2, 0.25) is 10.0 Å². The first-order chi connectivity index (χ1) is 19.4. The molecule has 1 amide bonds. The minimum atomic E-state index is -3.69. The number of amides is 1. The van der Waals surface area contributed by atoms with Crippen molar-refractivity contribution in [1.82, 2.24) is 10.2 Å². The first kappa shape index (κ1) is 31.6. The quantitative estimate of drug-likeness (QED) is 0.0984. The van der Waals surface area contributed by atoms with E-state index >= 15 is 0 Å². The lowest BCUT2D eigenvalue weighted by atomic mass is 9.95. The van der Waals surface area contributed by atoms with E-state index in [-0.39, 0.29) is 10.7 Å². The van der Waals surface area contributed by atoms with Gasteiger partial charge in [0.25, 0.3) is 0 Å². The van der Waals surface area contributed by atoms with Gasteiger partial charge >= 0.3 is 6.09 Å².